The molecule has 0 spiro atoms. The van der Waals surface area contributed by atoms with Gasteiger partial charge < -0.3 is 24.9 Å². The summed E-state index contributed by atoms with van der Waals surface area (Å²) in [4.78, 5) is 30.1. The van der Waals surface area contributed by atoms with E-state index in [9.17, 15) is 0 Å². The number of hydrogen-bond acceptors (Lipinski definition) is 2. The Labute approximate surface area is 127 Å². The number of carboxylic acid groups (broad SMARTS) is 2. The van der Waals surface area contributed by atoms with E-state index in [4.69, 9.17) is 34.3 Å². The molecular formula is CH5Nd2O7P. The first-order chi connectivity index (χ1) is 3.73. The van der Waals surface area contributed by atoms with Crippen molar-refractivity contribution < 1.29 is 116 Å². The SMILES string of the molecule is O=C(O)O.O=P(O)(O)O.[Nd].[Nd]. The maximum absolute atomic E-state index is 8.88. The standard InChI is InChI=1S/CH2O3.2Nd.H3O4P/c2-1(3)4;;;1-5(2,3)4/h(H2,2,3,4);;;(H3,1,2,3,4). The molecule has 10 heteroatoms. The summed E-state index contributed by atoms with van der Waals surface area (Å²) in [5.41, 5.74) is 0. The molecule has 0 saturated carbocycles. The summed E-state index contributed by atoms with van der Waals surface area (Å²) in [6.07, 6.45) is -1.83. The van der Waals surface area contributed by atoms with E-state index in [1.807, 2.05) is 0 Å². The molecule has 0 radical (unpaired) electrons. The van der Waals surface area contributed by atoms with E-state index >= 15 is 0 Å². The van der Waals surface area contributed by atoms with Crippen molar-refractivity contribution in [3.8, 4) is 0 Å². The van der Waals surface area contributed by atoms with Crippen LogP contribution in [0.1, 0.15) is 0 Å². The van der Waals surface area contributed by atoms with Crippen LogP contribution in [0.2, 0.25) is 0 Å². The van der Waals surface area contributed by atoms with Crippen LogP contribution >= 0.6 is 7.82 Å². The summed E-state index contributed by atoms with van der Waals surface area (Å²) in [5, 5.41) is 13.9. The second-order valence-electron chi connectivity index (χ2n) is 0.796. The van der Waals surface area contributed by atoms with Crippen molar-refractivity contribution in [2.45, 2.75) is 0 Å². The van der Waals surface area contributed by atoms with Gasteiger partial charge in [-0.05, 0) is 0 Å². The summed E-state index contributed by atoms with van der Waals surface area (Å²) in [5.74, 6) is 0. The predicted molar refractivity (Wildman–Crippen MR) is 24.9 cm³/mol. The summed E-state index contributed by atoms with van der Waals surface area (Å²) >= 11 is 0. The minimum absolute atomic E-state index is 0. The molecule has 0 heterocycles. The first kappa shape index (κ1) is 23.2. The van der Waals surface area contributed by atoms with Crippen molar-refractivity contribution in [3.05, 3.63) is 0 Å². The molecule has 0 bridgehead atoms. The normalized spacial score (nSPS) is 7.55. The first-order valence-electron chi connectivity index (χ1n) is 1.43. The fourth-order valence-corrected chi connectivity index (χ4v) is 0. The Hall–Kier alpha value is 2.08. The molecule has 0 fully saturated rings. The molecule has 0 aliphatic rings. The van der Waals surface area contributed by atoms with Crippen molar-refractivity contribution in [1.82, 2.24) is 0 Å². The zero-order valence-electron chi connectivity index (χ0n) is 5.00. The summed E-state index contributed by atoms with van der Waals surface area (Å²) in [6, 6.07) is 0. The van der Waals surface area contributed by atoms with E-state index in [1.165, 1.54) is 0 Å². The van der Waals surface area contributed by atoms with E-state index in [-0.39, 0.29) is 81.7 Å². The summed E-state index contributed by atoms with van der Waals surface area (Å²) in [7, 11) is -4.64. The molecule has 0 aliphatic heterocycles. The van der Waals surface area contributed by atoms with Gasteiger partial charge in [-0.2, -0.15) is 0 Å². The van der Waals surface area contributed by atoms with Crippen LogP contribution in [0.3, 0.4) is 0 Å². The molecule has 0 aromatic heterocycles. The molecule has 7 nitrogen and oxygen atoms in total. The smallest absolute Gasteiger partial charge is 0.450 e. The van der Waals surface area contributed by atoms with Gasteiger partial charge in [-0.25, -0.2) is 9.36 Å². The van der Waals surface area contributed by atoms with Gasteiger partial charge in [-0.3, -0.25) is 0 Å². The van der Waals surface area contributed by atoms with Crippen LogP contribution in [-0.4, -0.2) is 31.0 Å². The number of phosphoric acid groups is 1. The molecule has 0 rings (SSSR count). The fraction of sp³-hybridized carbons (Fsp3) is 0. The Kier molecular flexibility index (Phi) is 25.4. The van der Waals surface area contributed by atoms with Crippen molar-refractivity contribution in [1.29, 1.82) is 0 Å². The topological polar surface area (TPSA) is 135 Å². The van der Waals surface area contributed by atoms with Gasteiger partial charge in [0.1, 0.15) is 0 Å². The third kappa shape index (κ3) is 283. The van der Waals surface area contributed by atoms with Gasteiger partial charge in [0.05, 0.1) is 0 Å². The molecule has 0 unspecified atom stereocenters. The van der Waals surface area contributed by atoms with Gasteiger partial charge in [0.15, 0.2) is 0 Å². The van der Waals surface area contributed by atoms with Crippen LogP contribution < -0.4 is 0 Å². The Morgan fingerprint density at radius 1 is 1.00 bits per heavy atom. The van der Waals surface area contributed by atoms with Crippen molar-refractivity contribution in [2.24, 2.45) is 0 Å². The van der Waals surface area contributed by atoms with Crippen LogP contribution in [0, 0.1) is 81.7 Å². The van der Waals surface area contributed by atoms with Crippen LogP contribution in [0.25, 0.3) is 0 Å². The predicted octanol–water partition coefficient (Wildman–Crippen LogP) is -0.706. The van der Waals surface area contributed by atoms with E-state index in [2.05, 4.69) is 0 Å². The average Bonchev–Trinajstić information content (AvgIpc) is 1.19. The third-order valence-electron chi connectivity index (χ3n) is 0. The molecule has 11 heavy (non-hydrogen) atoms. The fourth-order valence-electron chi connectivity index (χ4n) is 0. The molecule has 0 atom stereocenters. The van der Waals surface area contributed by atoms with Crippen molar-refractivity contribution >= 4 is 14.0 Å². The molecule has 0 saturated heterocycles. The molecule has 64 valence electrons. The number of rotatable bonds is 0. The third-order valence-corrected chi connectivity index (χ3v) is 0. The van der Waals surface area contributed by atoms with Gasteiger partial charge in [0.25, 0.3) is 0 Å². The maximum Gasteiger partial charge on any atom is 0.503 e. The zero-order chi connectivity index (χ0) is 8.08. The van der Waals surface area contributed by atoms with Gasteiger partial charge in [-0.1, -0.05) is 0 Å². The maximum atomic E-state index is 8.88. The Morgan fingerprint density at radius 2 is 1.00 bits per heavy atom. The van der Waals surface area contributed by atoms with Gasteiger partial charge in [0.2, 0.25) is 0 Å². The molecule has 0 aliphatic carbocycles. The molecule has 0 aromatic rings. The molecule has 5 N–H and O–H groups in total. The van der Waals surface area contributed by atoms with Gasteiger partial charge in [0, 0.05) is 81.7 Å². The Balaban J connectivity index is -0.0000000383. The molecular weight excluding hydrogens is 443 g/mol. The van der Waals surface area contributed by atoms with E-state index in [1.54, 1.807) is 0 Å². The van der Waals surface area contributed by atoms with E-state index in [0.717, 1.165) is 0 Å². The zero-order valence-corrected chi connectivity index (χ0v) is 12.3. The second-order valence-corrected chi connectivity index (χ2v) is 1.82. The van der Waals surface area contributed by atoms with Gasteiger partial charge in [-0.15, -0.1) is 0 Å². The van der Waals surface area contributed by atoms with E-state index < -0.39 is 14.0 Å². The van der Waals surface area contributed by atoms with E-state index in [0.29, 0.717) is 0 Å². The van der Waals surface area contributed by atoms with Crippen molar-refractivity contribution in [2.75, 3.05) is 0 Å². The Bertz CT molecular complexity index is 116. The summed E-state index contributed by atoms with van der Waals surface area (Å²) < 4.78 is 8.88. The molecule has 0 aromatic carbocycles. The van der Waals surface area contributed by atoms with Crippen LogP contribution in [-0.2, 0) is 4.57 Å². The molecule has 0 amide bonds. The second kappa shape index (κ2) is 12.1. The van der Waals surface area contributed by atoms with Crippen LogP contribution in [0.5, 0.6) is 0 Å². The Morgan fingerprint density at radius 3 is 1.00 bits per heavy atom. The minimum atomic E-state index is -4.64. The van der Waals surface area contributed by atoms with Crippen LogP contribution in [0.4, 0.5) is 4.79 Å². The van der Waals surface area contributed by atoms with Crippen LogP contribution in [0.15, 0.2) is 0 Å². The largest absolute Gasteiger partial charge is 0.503 e. The number of carbonyl (C=O) groups is 1. The van der Waals surface area contributed by atoms with Crippen molar-refractivity contribution in [3.63, 3.8) is 0 Å². The summed E-state index contributed by atoms with van der Waals surface area (Å²) in [6.45, 7) is 0. The quantitative estimate of drug-likeness (QED) is 0.309. The first-order valence-corrected chi connectivity index (χ1v) is 3.00. The average molecular weight is 448 g/mol. The minimum Gasteiger partial charge on any atom is -0.450 e. The van der Waals surface area contributed by atoms with Gasteiger partial charge >= 0.3 is 14.0 Å². The monoisotopic (exact) mass is 444 g/mol. The number of hydrogen-bond donors (Lipinski definition) is 5.